The molecule has 0 saturated carbocycles. The normalized spacial score (nSPS) is 16.6. The molecule has 0 spiro atoms. The van der Waals surface area contributed by atoms with E-state index in [1.165, 1.54) is 11.7 Å². The van der Waals surface area contributed by atoms with E-state index in [0.29, 0.717) is 12.2 Å². The van der Waals surface area contributed by atoms with Gasteiger partial charge in [-0.3, -0.25) is 9.89 Å². The molecule has 0 aliphatic carbocycles. The number of aromatic amines is 1. The van der Waals surface area contributed by atoms with E-state index in [4.69, 9.17) is 0 Å². The Balaban J connectivity index is 1.74. The summed E-state index contributed by atoms with van der Waals surface area (Å²) in [5.74, 6) is 0.453. The zero-order valence-electron chi connectivity index (χ0n) is 13.1. The van der Waals surface area contributed by atoms with Crippen LogP contribution in [0, 0.1) is 0 Å². The molecule has 4 aromatic rings. The lowest BCUT2D eigenvalue weighted by Gasteiger charge is -2.23. The molecule has 5 rings (SSSR count). The van der Waals surface area contributed by atoms with Gasteiger partial charge in [-0.2, -0.15) is 13.8 Å². The Hall–Kier alpha value is -3.06. The molecule has 2 aromatic heterocycles. The minimum absolute atomic E-state index is 0.0381. The van der Waals surface area contributed by atoms with E-state index in [2.05, 4.69) is 24.3 Å². The van der Waals surface area contributed by atoms with Crippen molar-refractivity contribution in [2.24, 2.45) is 0 Å². The van der Waals surface area contributed by atoms with E-state index in [9.17, 15) is 4.79 Å². The van der Waals surface area contributed by atoms with Crippen molar-refractivity contribution in [3.63, 3.8) is 0 Å². The molecule has 2 aromatic carbocycles. The molecule has 2 N–H and O–H groups in total. The number of fused-ring (bicyclic) bond motifs is 2. The smallest absolute Gasteiger partial charge is 0.226 e. The highest BCUT2D eigenvalue weighted by Gasteiger charge is 2.33. The van der Waals surface area contributed by atoms with Crippen molar-refractivity contribution >= 4 is 34.5 Å². The third-order valence-electron chi connectivity index (χ3n) is 4.55. The number of carbonyl (C=O) groups is 1. The molecular weight excluding hydrogens is 334 g/mol. The van der Waals surface area contributed by atoms with Crippen molar-refractivity contribution in [2.45, 2.75) is 12.3 Å². The van der Waals surface area contributed by atoms with Crippen LogP contribution < -0.4 is 5.32 Å². The van der Waals surface area contributed by atoms with E-state index >= 15 is 0 Å². The van der Waals surface area contributed by atoms with E-state index in [1.807, 2.05) is 48.5 Å². The molecule has 6 nitrogen and oxygen atoms in total. The number of aromatic nitrogens is 4. The number of H-pyrrole nitrogens is 1. The summed E-state index contributed by atoms with van der Waals surface area (Å²) in [6.07, 6.45) is 0.364. The van der Waals surface area contributed by atoms with Crippen LogP contribution in [0.4, 0.5) is 5.82 Å². The fourth-order valence-corrected chi connectivity index (χ4v) is 4.01. The lowest BCUT2D eigenvalue weighted by molar-refractivity contribution is -0.116. The lowest BCUT2D eigenvalue weighted by atomic mass is 9.84. The Labute approximate surface area is 147 Å². The molecule has 1 aliphatic rings. The van der Waals surface area contributed by atoms with Gasteiger partial charge >= 0.3 is 0 Å². The Morgan fingerprint density at radius 3 is 2.80 bits per heavy atom. The summed E-state index contributed by atoms with van der Waals surface area (Å²) >= 11 is 1.19. The fraction of sp³-hybridized carbons (Fsp3) is 0.111. The number of anilines is 1. The SMILES string of the molecule is O=C1C[C@@H](c2cccc3nsnc23)c2c(n[nH]c2-c2ccccc2)N1. The van der Waals surface area contributed by atoms with Gasteiger partial charge in [0.05, 0.1) is 17.4 Å². The third-order valence-corrected chi connectivity index (χ3v) is 5.10. The first-order chi connectivity index (χ1) is 12.3. The van der Waals surface area contributed by atoms with Crippen LogP contribution in [0.2, 0.25) is 0 Å². The van der Waals surface area contributed by atoms with E-state index < -0.39 is 0 Å². The lowest BCUT2D eigenvalue weighted by Crippen LogP contribution is -2.23. The first-order valence-corrected chi connectivity index (χ1v) is 8.69. The molecule has 0 radical (unpaired) electrons. The third kappa shape index (κ3) is 2.24. The van der Waals surface area contributed by atoms with Crippen LogP contribution in [0.25, 0.3) is 22.3 Å². The summed E-state index contributed by atoms with van der Waals surface area (Å²) < 4.78 is 8.77. The molecule has 7 heteroatoms. The average Bonchev–Trinajstić information content (AvgIpc) is 3.28. The maximum absolute atomic E-state index is 12.2. The Morgan fingerprint density at radius 1 is 1.04 bits per heavy atom. The quantitative estimate of drug-likeness (QED) is 0.581. The maximum Gasteiger partial charge on any atom is 0.226 e. The zero-order valence-corrected chi connectivity index (χ0v) is 13.9. The number of hydrogen-bond donors (Lipinski definition) is 2. The molecule has 1 amide bonds. The second-order valence-electron chi connectivity index (χ2n) is 6.01. The van der Waals surface area contributed by atoms with Gasteiger partial charge in [0.2, 0.25) is 5.91 Å². The maximum atomic E-state index is 12.2. The van der Waals surface area contributed by atoms with E-state index in [0.717, 1.165) is 33.4 Å². The molecule has 1 aliphatic heterocycles. The second kappa shape index (κ2) is 5.49. The fourth-order valence-electron chi connectivity index (χ4n) is 3.45. The van der Waals surface area contributed by atoms with Crippen LogP contribution in [-0.2, 0) is 4.79 Å². The van der Waals surface area contributed by atoms with Gasteiger partial charge in [-0.1, -0.05) is 42.5 Å². The topological polar surface area (TPSA) is 83.6 Å². The van der Waals surface area contributed by atoms with Gasteiger partial charge in [0, 0.05) is 17.9 Å². The summed E-state index contributed by atoms with van der Waals surface area (Å²) in [5.41, 5.74) is 5.71. The summed E-state index contributed by atoms with van der Waals surface area (Å²) in [6.45, 7) is 0. The van der Waals surface area contributed by atoms with Gasteiger partial charge in [-0.15, -0.1) is 0 Å². The van der Waals surface area contributed by atoms with Crippen LogP contribution in [-0.4, -0.2) is 24.9 Å². The highest BCUT2D eigenvalue weighted by atomic mass is 32.1. The Bertz CT molecular complexity index is 1090. The number of amides is 1. The van der Waals surface area contributed by atoms with Gasteiger partial charge in [-0.25, -0.2) is 0 Å². The largest absolute Gasteiger partial charge is 0.309 e. The van der Waals surface area contributed by atoms with Gasteiger partial charge in [0.15, 0.2) is 5.82 Å². The van der Waals surface area contributed by atoms with Crippen molar-refractivity contribution in [3.8, 4) is 11.3 Å². The van der Waals surface area contributed by atoms with Crippen molar-refractivity contribution in [3.05, 3.63) is 59.7 Å². The predicted octanol–water partition coefficient (Wildman–Crippen LogP) is 3.56. The highest BCUT2D eigenvalue weighted by Crippen LogP contribution is 2.43. The van der Waals surface area contributed by atoms with E-state index in [1.54, 1.807) is 0 Å². The van der Waals surface area contributed by atoms with Crippen LogP contribution in [0.3, 0.4) is 0 Å². The van der Waals surface area contributed by atoms with Gasteiger partial charge in [0.1, 0.15) is 11.0 Å². The van der Waals surface area contributed by atoms with Crippen LogP contribution >= 0.6 is 11.7 Å². The number of carbonyl (C=O) groups excluding carboxylic acids is 1. The summed E-state index contributed by atoms with van der Waals surface area (Å²) in [5, 5.41) is 10.3. The molecule has 0 unspecified atom stereocenters. The Kier molecular flexibility index (Phi) is 3.14. The summed E-state index contributed by atoms with van der Waals surface area (Å²) in [4.78, 5) is 12.2. The molecule has 0 saturated heterocycles. The molecule has 1 atom stereocenters. The van der Waals surface area contributed by atoms with Gasteiger partial charge in [-0.05, 0) is 17.2 Å². The number of benzene rings is 2. The number of nitrogens with zero attached hydrogens (tertiary/aromatic N) is 3. The second-order valence-corrected chi connectivity index (χ2v) is 6.54. The summed E-state index contributed by atoms with van der Waals surface area (Å²) in [6, 6.07) is 16.0. The van der Waals surface area contributed by atoms with E-state index in [-0.39, 0.29) is 11.8 Å². The summed E-state index contributed by atoms with van der Waals surface area (Å²) in [7, 11) is 0. The standard InChI is InChI=1S/C18H13N5OS/c24-14-9-12(11-7-4-8-13-17(11)23-25-22-13)15-16(20-21-18(15)19-14)10-5-2-1-3-6-10/h1-8,12H,9H2,(H2,19,20,21,24)/t12-/m0/s1. The highest BCUT2D eigenvalue weighted by molar-refractivity contribution is 7.00. The van der Waals surface area contributed by atoms with Crippen molar-refractivity contribution in [1.29, 1.82) is 0 Å². The molecule has 122 valence electrons. The number of nitrogens with one attached hydrogen (secondary N) is 2. The monoisotopic (exact) mass is 347 g/mol. The zero-order chi connectivity index (χ0) is 16.8. The van der Waals surface area contributed by atoms with Crippen molar-refractivity contribution < 1.29 is 4.79 Å². The molecule has 0 fully saturated rings. The van der Waals surface area contributed by atoms with Crippen LogP contribution in [0.5, 0.6) is 0 Å². The van der Waals surface area contributed by atoms with Crippen molar-refractivity contribution in [1.82, 2.24) is 18.9 Å². The molecule has 0 bridgehead atoms. The number of hydrogen-bond acceptors (Lipinski definition) is 5. The minimum atomic E-state index is -0.106. The Morgan fingerprint density at radius 2 is 1.92 bits per heavy atom. The van der Waals surface area contributed by atoms with Crippen molar-refractivity contribution in [2.75, 3.05) is 5.32 Å². The number of rotatable bonds is 2. The molecular formula is C18H13N5OS. The average molecular weight is 347 g/mol. The van der Waals surface area contributed by atoms with Gasteiger partial charge < -0.3 is 5.32 Å². The minimum Gasteiger partial charge on any atom is -0.309 e. The van der Waals surface area contributed by atoms with Crippen LogP contribution in [0.1, 0.15) is 23.5 Å². The first kappa shape index (κ1) is 14.3. The first-order valence-electron chi connectivity index (χ1n) is 7.96. The predicted molar refractivity (Wildman–Crippen MR) is 96.5 cm³/mol. The molecule has 25 heavy (non-hydrogen) atoms. The molecule has 3 heterocycles. The van der Waals surface area contributed by atoms with Gasteiger partial charge in [0.25, 0.3) is 0 Å². The van der Waals surface area contributed by atoms with Crippen LogP contribution in [0.15, 0.2) is 48.5 Å².